The van der Waals surface area contributed by atoms with Crippen molar-refractivity contribution in [3.05, 3.63) is 83.3 Å². The average molecular weight is 484 g/mol. The number of nitrogens with one attached hydrogen (secondary N) is 2. The number of anilines is 3. The molecule has 168 valence electrons. The first-order chi connectivity index (χ1) is 15.8. The van der Waals surface area contributed by atoms with Gasteiger partial charge in [0.2, 0.25) is 5.95 Å². The van der Waals surface area contributed by atoms with Crippen LogP contribution in [0.5, 0.6) is 0 Å². The summed E-state index contributed by atoms with van der Waals surface area (Å²) in [5.74, 6) is -1.30. The first-order valence-corrected chi connectivity index (χ1v) is 11.7. The topological polar surface area (TPSA) is 121 Å². The monoisotopic (exact) mass is 483 g/mol. The normalized spacial score (nSPS) is 14.1. The molecule has 0 unspecified atom stereocenters. The largest absolute Gasteiger partial charge is 0.350 e. The summed E-state index contributed by atoms with van der Waals surface area (Å²) in [6.07, 6.45) is 3.65. The van der Waals surface area contributed by atoms with Gasteiger partial charge in [-0.1, -0.05) is 30.7 Å². The second-order valence-electron chi connectivity index (χ2n) is 6.98. The molecule has 0 fully saturated rings. The van der Waals surface area contributed by atoms with Crippen molar-refractivity contribution in [2.75, 3.05) is 14.9 Å². The van der Waals surface area contributed by atoms with Gasteiger partial charge in [0.15, 0.2) is 0 Å². The Bertz CT molecular complexity index is 1340. The lowest BCUT2D eigenvalue weighted by atomic mass is 10.1. The van der Waals surface area contributed by atoms with E-state index in [9.17, 15) is 18.0 Å². The first kappa shape index (κ1) is 22.4. The predicted molar refractivity (Wildman–Crippen MR) is 124 cm³/mol. The molecule has 0 saturated carbocycles. The summed E-state index contributed by atoms with van der Waals surface area (Å²) < 4.78 is 27.3. The van der Waals surface area contributed by atoms with Crippen LogP contribution < -0.4 is 14.9 Å². The summed E-state index contributed by atoms with van der Waals surface area (Å²) >= 11 is 6.16. The van der Waals surface area contributed by atoms with E-state index in [1.54, 1.807) is 18.2 Å². The first-order valence-electron chi connectivity index (χ1n) is 9.84. The molecule has 0 radical (unpaired) electrons. The average Bonchev–Trinajstić information content (AvgIpc) is 3.03. The number of imide groups is 1. The maximum absolute atomic E-state index is 12.9. The zero-order valence-corrected chi connectivity index (χ0v) is 18.9. The van der Waals surface area contributed by atoms with Gasteiger partial charge in [-0.25, -0.2) is 28.0 Å². The fourth-order valence-electron chi connectivity index (χ4n) is 3.12. The summed E-state index contributed by atoms with van der Waals surface area (Å²) in [4.78, 5) is 34.1. The van der Waals surface area contributed by atoms with Crippen LogP contribution in [0.4, 0.5) is 17.3 Å². The Morgan fingerprint density at radius 3 is 2.18 bits per heavy atom. The van der Waals surface area contributed by atoms with Crippen LogP contribution in [0, 0.1) is 0 Å². The van der Waals surface area contributed by atoms with Gasteiger partial charge < -0.3 is 5.32 Å². The maximum atomic E-state index is 12.9. The van der Waals surface area contributed by atoms with Crippen LogP contribution in [0.3, 0.4) is 0 Å². The summed E-state index contributed by atoms with van der Waals surface area (Å²) in [7, 11) is -3.91. The van der Waals surface area contributed by atoms with Crippen LogP contribution in [0.2, 0.25) is 0 Å². The Morgan fingerprint density at radius 2 is 1.58 bits per heavy atom. The lowest BCUT2D eigenvalue weighted by Crippen LogP contribution is -2.32. The molecular weight excluding hydrogens is 466 g/mol. The lowest BCUT2D eigenvalue weighted by molar-refractivity contribution is -0.120. The molecule has 11 heteroatoms. The zero-order valence-electron chi connectivity index (χ0n) is 17.3. The van der Waals surface area contributed by atoms with Crippen molar-refractivity contribution in [3.63, 3.8) is 0 Å². The molecule has 2 N–H and O–H groups in total. The second-order valence-corrected chi connectivity index (χ2v) is 9.04. The number of hydrogen-bond acceptors (Lipinski definition) is 7. The van der Waals surface area contributed by atoms with E-state index in [0.29, 0.717) is 11.4 Å². The standard InChI is InChI=1S/C22H18ClN5O4S/c1-2-14-4-8-16(9-5-14)28-20(29)18(23)19(21(28)30)26-15-6-10-17(11-7-15)33(31,32)27-22-24-12-3-13-25-22/h3-13,26H,2H2,1H3,(H,24,25,27). The quantitative estimate of drug-likeness (QED) is 0.494. The molecule has 33 heavy (non-hydrogen) atoms. The number of halogens is 1. The third kappa shape index (κ3) is 4.57. The van der Waals surface area contributed by atoms with Gasteiger partial charge in [0.05, 0.1) is 10.6 Å². The Kier molecular flexibility index (Phi) is 6.12. The molecule has 0 atom stereocenters. The van der Waals surface area contributed by atoms with E-state index >= 15 is 0 Å². The third-order valence-electron chi connectivity index (χ3n) is 4.86. The fraction of sp³-hybridized carbons (Fsp3) is 0.0909. The molecule has 0 aliphatic carbocycles. The highest BCUT2D eigenvalue weighted by molar-refractivity contribution is 7.92. The van der Waals surface area contributed by atoms with Crippen LogP contribution >= 0.6 is 11.6 Å². The lowest BCUT2D eigenvalue weighted by Gasteiger charge is -2.15. The molecule has 9 nitrogen and oxygen atoms in total. The van der Waals surface area contributed by atoms with Crippen molar-refractivity contribution in [1.29, 1.82) is 0 Å². The molecular formula is C22H18ClN5O4S. The van der Waals surface area contributed by atoms with Crippen LogP contribution in [0.25, 0.3) is 0 Å². The number of aryl methyl sites for hydroxylation is 1. The maximum Gasteiger partial charge on any atom is 0.283 e. The van der Waals surface area contributed by atoms with Gasteiger partial charge in [0, 0.05) is 18.1 Å². The van der Waals surface area contributed by atoms with E-state index in [-0.39, 0.29) is 21.6 Å². The molecule has 2 amide bonds. The van der Waals surface area contributed by atoms with E-state index in [1.807, 2.05) is 19.1 Å². The Balaban J connectivity index is 1.51. The fourth-order valence-corrected chi connectivity index (χ4v) is 4.29. The van der Waals surface area contributed by atoms with Crippen molar-refractivity contribution in [3.8, 4) is 0 Å². The van der Waals surface area contributed by atoms with E-state index in [1.165, 1.54) is 36.7 Å². The number of nitrogens with zero attached hydrogens (tertiary/aromatic N) is 3. The molecule has 3 aromatic rings. The molecule has 0 bridgehead atoms. The van der Waals surface area contributed by atoms with Crippen LogP contribution in [0.15, 0.2) is 82.6 Å². The van der Waals surface area contributed by atoms with E-state index in [2.05, 4.69) is 20.0 Å². The second kappa shape index (κ2) is 9.00. The number of rotatable bonds is 7. The molecule has 1 aromatic heterocycles. The summed E-state index contributed by atoms with van der Waals surface area (Å²) in [5.41, 5.74) is 1.77. The van der Waals surface area contributed by atoms with Gasteiger partial charge in [-0.2, -0.15) is 0 Å². The van der Waals surface area contributed by atoms with Crippen molar-refractivity contribution < 1.29 is 18.0 Å². The zero-order chi connectivity index (χ0) is 23.6. The van der Waals surface area contributed by atoms with Crippen molar-refractivity contribution in [2.45, 2.75) is 18.2 Å². The minimum atomic E-state index is -3.91. The third-order valence-corrected chi connectivity index (χ3v) is 6.55. The van der Waals surface area contributed by atoms with Crippen molar-refractivity contribution >= 4 is 50.8 Å². The molecule has 2 aromatic carbocycles. The van der Waals surface area contributed by atoms with Crippen LogP contribution in [-0.4, -0.2) is 30.2 Å². The number of hydrogen-bond donors (Lipinski definition) is 2. The molecule has 1 aliphatic heterocycles. The van der Waals surface area contributed by atoms with Crippen LogP contribution in [0.1, 0.15) is 12.5 Å². The minimum Gasteiger partial charge on any atom is -0.350 e. The Labute approximate surface area is 195 Å². The van der Waals surface area contributed by atoms with Gasteiger partial charge >= 0.3 is 0 Å². The van der Waals surface area contributed by atoms with Crippen molar-refractivity contribution in [1.82, 2.24) is 9.97 Å². The SMILES string of the molecule is CCc1ccc(N2C(=O)C(Cl)=C(Nc3ccc(S(=O)(=O)Nc4ncccn4)cc3)C2=O)cc1. The smallest absolute Gasteiger partial charge is 0.283 e. The van der Waals surface area contributed by atoms with E-state index in [0.717, 1.165) is 16.9 Å². The minimum absolute atomic E-state index is 0.0351. The van der Waals surface area contributed by atoms with E-state index in [4.69, 9.17) is 11.6 Å². The highest BCUT2D eigenvalue weighted by Crippen LogP contribution is 2.30. The number of amides is 2. The highest BCUT2D eigenvalue weighted by atomic mass is 35.5. The number of sulfonamides is 1. The molecule has 1 aliphatic rings. The van der Waals surface area contributed by atoms with Crippen molar-refractivity contribution in [2.24, 2.45) is 0 Å². The van der Waals surface area contributed by atoms with Gasteiger partial charge in [-0.3, -0.25) is 9.59 Å². The Hall–Kier alpha value is -3.76. The molecule has 2 heterocycles. The van der Waals surface area contributed by atoms with Gasteiger partial charge in [0.25, 0.3) is 21.8 Å². The molecule has 4 rings (SSSR count). The number of carbonyl (C=O) groups excluding carboxylic acids is 2. The molecule has 0 saturated heterocycles. The van der Waals surface area contributed by atoms with Gasteiger partial charge in [-0.05, 0) is 54.4 Å². The Morgan fingerprint density at radius 1 is 0.939 bits per heavy atom. The number of carbonyl (C=O) groups is 2. The summed E-state index contributed by atoms with van der Waals surface area (Å²) in [6, 6.07) is 14.2. The van der Waals surface area contributed by atoms with Gasteiger partial charge in [0.1, 0.15) is 10.7 Å². The van der Waals surface area contributed by atoms with Gasteiger partial charge in [-0.15, -0.1) is 0 Å². The molecule has 0 spiro atoms. The van der Waals surface area contributed by atoms with E-state index < -0.39 is 21.8 Å². The van der Waals surface area contributed by atoms with Crippen LogP contribution in [-0.2, 0) is 26.0 Å². The summed E-state index contributed by atoms with van der Waals surface area (Å²) in [5, 5.41) is 2.57. The number of aromatic nitrogens is 2. The summed E-state index contributed by atoms with van der Waals surface area (Å²) in [6.45, 7) is 2.00. The predicted octanol–water partition coefficient (Wildman–Crippen LogP) is 3.28. The highest BCUT2D eigenvalue weighted by Gasteiger charge is 2.38. The number of benzene rings is 2.